The van der Waals surface area contributed by atoms with E-state index in [-0.39, 0.29) is 6.04 Å². The van der Waals surface area contributed by atoms with Crippen LogP contribution in [0.1, 0.15) is 28.3 Å². The van der Waals surface area contributed by atoms with Crippen molar-refractivity contribution in [1.29, 1.82) is 0 Å². The van der Waals surface area contributed by atoms with Crippen LogP contribution in [0.2, 0.25) is 0 Å². The molecule has 1 atom stereocenters. The van der Waals surface area contributed by atoms with Crippen LogP contribution in [-0.4, -0.2) is 10.2 Å². The Bertz CT molecular complexity index is 490. The first-order valence-electron chi connectivity index (χ1n) is 6.00. The second kappa shape index (κ2) is 5.71. The Labute approximate surface area is 107 Å². The second-order valence-corrected chi connectivity index (χ2v) is 4.47. The Morgan fingerprint density at radius 3 is 2.44 bits per heavy atom. The van der Waals surface area contributed by atoms with Crippen LogP contribution in [0.3, 0.4) is 0 Å². The average Bonchev–Trinajstić information content (AvgIpc) is 2.40. The topological polar surface area (TPSA) is 63.8 Å². The summed E-state index contributed by atoms with van der Waals surface area (Å²) in [5.41, 5.74) is 7.81. The average molecular weight is 242 g/mol. The van der Waals surface area contributed by atoms with Gasteiger partial charge in [0.1, 0.15) is 0 Å². The molecular formula is C14H18N4. The zero-order valence-corrected chi connectivity index (χ0v) is 10.7. The predicted octanol–water partition coefficient (Wildman–Crippen LogP) is 1.84. The third kappa shape index (κ3) is 2.72. The van der Waals surface area contributed by atoms with E-state index in [4.69, 9.17) is 5.84 Å². The first-order valence-corrected chi connectivity index (χ1v) is 6.00. The lowest BCUT2D eigenvalue weighted by Gasteiger charge is -2.18. The number of benzene rings is 1. The summed E-state index contributed by atoms with van der Waals surface area (Å²) >= 11 is 0. The van der Waals surface area contributed by atoms with Crippen LogP contribution >= 0.6 is 0 Å². The molecule has 4 nitrogen and oxygen atoms in total. The van der Waals surface area contributed by atoms with Crippen molar-refractivity contribution < 1.29 is 0 Å². The number of nitrogens with zero attached hydrogens (tertiary/aromatic N) is 2. The Morgan fingerprint density at radius 1 is 1.17 bits per heavy atom. The quantitative estimate of drug-likeness (QED) is 0.634. The van der Waals surface area contributed by atoms with Gasteiger partial charge in [0.25, 0.3) is 0 Å². The normalized spacial score (nSPS) is 12.4. The largest absolute Gasteiger partial charge is 0.271 e. The molecule has 0 saturated heterocycles. The van der Waals surface area contributed by atoms with Gasteiger partial charge < -0.3 is 0 Å². The maximum Gasteiger partial charge on any atom is 0.0544 e. The second-order valence-electron chi connectivity index (χ2n) is 4.47. The van der Waals surface area contributed by atoms with Crippen LogP contribution in [0.15, 0.2) is 36.7 Å². The highest BCUT2D eigenvalue weighted by molar-refractivity contribution is 5.35. The molecular weight excluding hydrogens is 224 g/mol. The van der Waals surface area contributed by atoms with E-state index >= 15 is 0 Å². The highest BCUT2D eigenvalue weighted by Gasteiger charge is 2.13. The van der Waals surface area contributed by atoms with E-state index in [1.807, 2.05) is 6.07 Å². The van der Waals surface area contributed by atoms with Gasteiger partial charge in [-0.15, -0.1) is 0 Å². The van der Waals surface area contributed by atoms with Gasteiger partial charge in [-0.3, -0.25) is 11.3 Å². The molecule has 0 aliphatic rings. The van der Waals surface area contributed by atoms with Gasteiger partial charge in [-0.1, -0.05) is 18.2 Å². The summed E-state index contributed by atoms with van der Waals surface area (Å²) in [6, 6.07) is 8.32. The number of rotatable bonds is 4. The summed E-state index contributed by atoms with van der Waals surface area (Å²) in [4.78, 5) is 0. The first kappa shape index (κ1) is 12.7. The van der Waals surface area contributed by atoms with Gasteiger partial charge in [0.15, 0.2) is 0 Å². The highest BCUT2D eigenvalue weighted by Crippen LogP contribution is 2.21. The van der Waals surface area contributed by atoms with Crippen molar-refractivity contribution in [3.8, 4) is 0 Å². The van der Waals surface area contributed by atoms with E-state index in [0.29, 0.717) is 0 Å². The van der Waals surface area contributed by atoms with Gasteiger partial charge in [0.2, 0.25) is 0 Å². The zero-order valence-electron chi connectivity index (χ0n) is 10.7. The lowest BCUT2D eigenvalue weighted by molar-refractivity contribution is 0.546. The summed E-state index contributed by atoms with van der Waals surface area (Å²) < 4.78 is 0. The molecule has 0 amide bonds. The maximum atomic E-state index is 5.65. The van der Waals surface area contributed by atoms with Crippen molar-refractivity contribution in [2.24, 2.45) is 5.84 Å². The zero-order chi connectivity index (χ0) is 13.0. The molecule has 2 aromatic rings. The fraction of sp³-hybridized carbons (Fsp3) is 0.286. The fourth-order valence-corrected chi connectivity index (χ4v) is 2.16. The molecule has 0 fully saturated rings. The Kier molecular flexibility index (Phi) is 4.02. The number of hydrogen-bond acceptors (Lipinski definition) is 4. The molecule has 0 saturated carbocycles. The lowest BCUT2D eigenvalue weighted by Crippen LogP contribution is -2.30. The molecule has 18 heavy (non-hydrogen) atoms. The molecule has 1 aromatic carbocycles. The van der Waals surface area contributed by atoms with E-state index in [0.717, 1.165) is 12.0 Å². The van der Waals surface area contributed by atoms with Crippen molar-refractivity contribution in [3.05, 3.63) is 58.9 Å². The molecule has 94 valence electrons. The SMILES string of the molecule is Cc1cccc(C)c1CC(NN)c1ccnnc1. The molecule has 0 bridgehead atoms. The van der Waals surface area contributed by atoms with Gasteiger partial charge >= 0.3 is 0 Å². The number of aryl methyl sites for hydroxylation is 2. The van der Waals surface area contributed by atoms with Gasteiger partial charge in [-0.2, -0.15) is 10.2 Å². The number of nitrogens with one attached hydrogen (secondary N) is 1. The number of hydrazine groups is 1. The minimum Gasteiger partial charge on any atom is -0.271 e. The first-order chi connectivity index (χ1) is 8.72. The van der Waals surface area contributed by atoms with Gasteiger partial charge in [-0.25, -0.2) is 0 Å². The van der Waals surface area contributed by atoms with Gasteiger partial charge in [-0.05, 0) is 48.6 Å². The van der Waals surface area contributed by atoms with Crippen LogP contribution in [0.5, 0.6) is 0 Å². The maximum absolute atomic E-state index is 5.65. The molecule has 3 N–H and O–H groups in total. The molecule has 1 unspecified atom stereocenters. The minimum atomic E-state index is 0.0558. The van der Waals surface area contributed by atoms with E-state index in [1.165, 1.54) is 16.7 Å². The Balaban J connectivity index is 2.26. The predicted molar refractivity (Wildman–Crippen MR) is 71.7 cm³/mol. The summed E-state index contributed by atoms with van der Waals surface area (Å²) in [6.07, 6.45) is 4.28. The van der Waals surface area contributed by atoms with E-state index < -0.39 is 0 Å². The van der Waals surface area contributed by atoms with Crippen LogP contribution in [0, 0.1) is 13.8 Å². The van der Waals surface area contributed by atoms with E-state index in [2.05, 4.69) is 47.7 Å². The minimum absolute atomic E-state index is 0.0558. The van der Waals surface area contributed by atoms with Crippen molar-refractivity contribution >= 4 is 0 Å². The smallest absolute Gasteiger partial charge is 0.0544 e. The molecule has 0 aliphatic heterocycles. The van der Waals surface area contributed by atoms with Crippen LogP contribution in [-0.2, 0) is 6.42 Å². The van der Waals surface area contributed by atoms with Crippen molar-refractivity contribution in [1.82, 2.24) is 15.6 Å². The number of nitrogens with two attached hydrogens (primary N) is 1. The summed E-state index contributed by atoms with van der Waals surface area (Å²) in [5, 5.41) is 7.68. The fourth-order valence-electron chi connectivity index (χ4n) is 2.16. The molecule has 4 heteroatoms. The Morgan fingerprint density at radius 2 is 1.89 bits per heavy atom. The van der Waals surface area contributed by atoms with Crippen LogP contribution in [0.25, 0.3) is 0 Å². The molecule has 2 rings (SSSR count). The Hall–Kier alpha value is -1.78. The summed E-state index contributed by atoms with van der Waals surface area (Å²) in [7, 11) is 0. The van der Waals surface area contributed by atoms with Crippen molar-refractivity contribution in [3.63, 3.8) is 0 Å². The monoisotopic (exact) mass is 242 g/mol. The number of hydrogen-bond donors (Lipinski definition) is 2. The van der Waals surface area contributed by atoms with E-state index in [9.17, 15) is 0 Å². The highest BCUT2D eigenvalue weighted by atomic mass is 15.2. The third-order valence-corrected chi connectivity index (χ3v) is 3.26. The van der Waals surface area contributed by atoms with Crippen molar-refractivity contribution in [2.75, 3.05) is 0 Å². The molecule has 0 spiro atoms. The number of aromatic nitrogens is 2. The van der Waals surface area contributed by atoms with Crippen LogP contribution < -0.4 is 11.3 Å². The molecule has 0 aliphatic carbocycles. The third-order valence-electron chi connectivity index (χ3n) is 3.26. The lowest BCUT2D eigenvalue weighted by atomic mass is 9.94. The standard InChI is InChI=1S/C14H18N4/c1-10-4-3-5-11(2)13(10)8-14(18-15)12-6-7-16-17-9-12/h3-7,9,14,18H,8,15H2,1-2H3. The molecule has 1 heterocycles. The summed E-state index contributed by atoms with van der Waals surface area (Å²) in [5.74, 6) is 5.65. The van der Waals surface area contributed by atoms with Crippen molar-refractivity contribution in [2.45, 2.75) is 26.3 Å². The summed E-state index contributed by atoms with van der Waals surface area (Å²) in [6.45, 7) is 4.25. The van der Waals surface area contributed by atoms with E-state index in [1.54, 1.807) is 12.4 Å². The van der Waals surface area contributed by atoms with Gasteiger partial charge in [0, 0.05) is 6.20 Å². The van der Waals surface area contributed by atoms with Crippen LogP contribution in [0.4, 0.5) is 0 Å². The molecule has 0 radical (unpaired) electrons. The molecule has 1 aromatic heterocycles. The van der Waals surface area contributed by atoms with Gasteiger partial charge in [0.05, 0.1) is 12.2 Å².